The van der Waals surface area contributed by atoms with Gasteiger partial charge in [0.25, 0.3) is 0 Å². The minimum absolute atomic E-state index is 0. The van der Waals surface area contributed by atoms with E-state index in [1.165, 1.54) is 49.7 Å². The number of aliphatic imine (C=N–C) groups is 1. The molecular weight excluding hydrogens is 453 g/mol. The molecule has 3 N–H and O–H groups in total. The molecule has 5 nitrogen and oxygen atoms in total. The van der Waals surface area contributed by atoms with Crippen LogP contribution in [0.2, 0.25) is 0 Å². The van der Waals surface area contributed by atoms with Crippen LogP contribution in [0.4, 0.5) is 0 Å². The van der Waals surface area contributed by atoms with Crippen LogP contribution in [0.5, 0.6) is 0 Å². The number of benzene rings is 1. The summed E-state index contributed by atoms with van der Waals surface area (Å²) >= 11 is 0. The predicted molar refractivity (Wildman–Crippen MR) is 120 cm³/mol. The van der Waals surface area contributed by atoms with Crippen molar-refractivity contribution in [1.82, 2.24) is 5.32 Å². The summed E-state index contributed by atoms with van der Waals surface area (Å²) in [4.78, 5) is 4.51. The van der Waals surface area contributed by atoms with E-state index in [4.69, 9.17) is 15.2 Å². The van der Waals surface area contributed by atoms with Crippen LogP contribution < -0.4 is 11.1 Å². The van der Waals surface area contributed by atoms with Crippen LogP contribution in [0.1, 0.15) is 62.5 Å². The quantitative estimate of drug-likeness (QED) is 0.274. The summed E-state index contributed by atoms with van der Waals surface area (Å²) < 4.78 is 11.3. The maximum Gasteiger partial charge on any atom is 0.189 e. The van der Waals surface area contributed by atoms with Gasteiger partial charge in [0.2, 0.25) is 0 Å². The lowest BCUT2D eigenvalue weighted by molar-refractivity contribution is -0.0390. The van der Waals surface area contributed by atoms with Gasteiger partial charge in [-0.2, -0.15) is 0 Å². The second-order valence-electron chi connectivity index (χ2n) is 7.47. The highest BCUT2D eigenvalue weighted by Crippen LogP contribution is 2.17. The molecule has 1 saturated carbocycles. The smallest absolute Gasteiger partial charge is 0.189 e. The molecule has 0 atom stereocenters. The molecule has 0 aromatic heterocycles. The minimum Gasteiger partial charge on any atom is -0.381 e. The molecule has 6 heteroatoms. The van der Waals surface area contributed by atoms with Gasteiger partial charge in [-0.15, -0.1) is 24.0 Å². The first-order chi connectivity index (χ1) is 12.8. The summed E-state index contributed by atoms with van der Waals surface area (Å²) in [5.41, 5.74) is 8.45. The predicted octanol–water partition coefficient (Wildman–Crippen LogP) is 4.13. The zero-order valence-corrected chi connectivity index (χ0v) is 18.5. The van der Waals surface area contributed by atoms with Crippen LogP contribution in [0, 0.1) is 0 Å². The van der Waals surface area contributed by atoms with Crippen molar-refractivity contribution in [3.8, 4) is 0 Å². The summed E-state index contributed by atoms with van der Waals surface area (Å²) in [5.74, 6) is 0.573. The highest BCUT2D eigenvalue weighted by molar-refractivity contribution is 14.0. The molecule has 0 spiro atoms. The molecule has 0 unspecified atom stereocenters. The molecule has 1 aliphatic carbocycles. The van der Waals surface area contributed by atoms with E-state index >= 15 is 0 Å². The van der Waals surface area contributed by atoms with E-state index in [1.54, 1.807) is 0 Å². The zero-order valence-electron chi connectivity index (χ0n) is 16.2. The van der Waals surface area contributed by atoms with E-state index in [-0.39, 0.29) is 24.0 Å². The van der Waals surface area contributed by atoms with Gasteiger partial charge < -0.3 is 20.5 Å². The van der Waals surface area contributed by atoms with E-state index in [2.05, 4.69) is 34.6 Å². The molecule has 1 saturated heterocycles. The molecule has 1 aromatic carbocycles. The number of rotatable bonds is 6. The summed E-state index contributed by atoms with van der Waals surface area (Å²) in [6.45, 7) is 2.92. The molecule has 2 aliphatic rings. The number of nitrogens with one attached hydrogen (secondary N) is 1. The molecule has 0 bridgehead atoms. The van der Waals surface area contributed by atoms with Crippen LogP contribution in [0.15, 0.2) is 29.3 Å². The Hall–Kier alpha value is -0.860. The average molecular weight is 487 g/mol. The third-order valence-electron chi connectivity index (χ3n) is 5.32. The maximum absolute atomic E-state index is 6.07. The van der Waals surface area contributed by atoms with E-state index in [0.29, 0.717) is 31.3 Å². The second-order valence-corrected chi connectivity index (χ2v) is 7.47. The van der Waals surface area contributed by atoms with Crippen LogP contribution >= 0.6 is 24.0 Å². The number of hydrogen-bond acceptors (Lipinski definition) is 3. The first kappa shape index (κ1) is 22.4. The summed E-state index contributed by atoms with van der Waals surface area (Å²) in [6, 6.07) is 8.97. The molecule has 3 rings (SSSR count). The first-order valence-electron chi connectivity index (χ1n) is 10.1. The SMILES string of the molecule is I.NC(=NCc1ccc(COC2CCOCC2)cc1)NC1CCCCCC1. The number of nitrogens with zero attached hydrogens (tertiary/aromatic N) is 1. The van der Waals surface area contributed by atoms with Gasteiger partial charge in [0.05, 0.1) is 19.3 Å². The molecule has 1 heterocycles. The third-order valence-corrected chi connectivity index (χ3v) is 5.32. The Morgan fingerprint density at radius 3 is 2.30 bits per heavy atom. The van der Waals surface area contributed by atoms with E-state index < -0.39 is 0 Å². The van der Waals surface area contributed by atoms with Crippen LogP contribution in [-0.2, 0) is 22.6 Å². The Labute approximate surface area is 180 Å². The van der Waals surface area contributed by atoms with Crippen LogP contribution in [0.3, 0.4) is 0 Å². The fourth-order valence-corrected chi connectivity index (χ4v) is 3.65. The van der Waals surface area contributed by atoms with Crippen LogP contribution in [-0.4, -0.2) is 31.3 Å². The summed E-state index contributed by atoms with van der Waals surface area (Å²) in [6.07, 6.45) is 10.0. The number of hydrogen-bond donors (Lipinski definition) is 2. The Bertz CT molecular complexity index is 551. The molecule has 0 amide bonds. The van der Waals surface area contributed by atoms with E-state index in [0.717, 1.165) is 26.1 Å². The largest absolute Gasteiger partial charge is 0.381 e. The van der Waals surface area contributed by atoms with Crippen LogP contribution in [0.25, 0.3) is 0 Å². The van der Waals surface area contributed by atoms with Gasteiger partial charge in [-0.05, 0) is 36.8 Å². The molecule has 1 aromatic rings. The molecular formula is C21H34IN3O2. The van der Waals surface area contributed by atoms with Crippen molar-refractivity contribution < 1.29 is 9.47 Å². The van der Waals surface area contributed by atoms with Crippen molar-refractivity contribution in [1.29, 1.82) is 0 Å². The van der Waals surface area contributed by atoms with Gasteiger partial charge in [-0.25, -0.2) is 4.99 Å². The summed E-state index contributed by atoms with van der Waals surface area (Å²) in [5, 5.41) is 3.39. The monoisotopic (exact) mass is 487 g/mol. The molecule has 27 heavy (non-hydrogen) atoms. The average Bonchev–Trinajstić information content (AvgIpc) is 2.95. The zero-order chi connectivity index (χ0) is 18.0. The summed E-state index contributed by atoms with van der Waals surface area (Å²) in [7, 11) is 0. The minimum atomic E-state index is 0. The third kappa shape index (κ3) is 8.35. The van der Waals surface area contributed by atoms with Crippen molar-refractivity contribution in [3.05, 3.63) is 35.4 Å². The number of nitrogens with two attached hydrogens (primary N) is 1. The van der Waals surface area contributed by atoms with Crippen molar-refractivity contribution in [2.75, 3.05) is 13.2 Å². The Morgan fingerprint density at radius 1 is 1.00 bits per heavy atom. The molecule has 1 aliphatic heterocycles. The highest BCUT2D eigenvalue weighted by Gasteiger charge is 2.14. The fourth-order valence-electron chi connectivity index (χ4n) is 3.65. The number of halogens is 1. The standard InChI is InChI=1S/C21H33N3O2.HI/c22-21(24-19-5-3-1-2-4-6-19)23-15-17-7-9-18(10-8-17)16-26-20-11-13-25-14-12-20;/h7-10,19-20H,1-6,11-16H2,(H3,22,23,24);1H. The van der Waals surface area contributed by atoms with E-state index in [1.807, 2.05) is 0 Å². The first-order valence-corrected chi connectivity index (χ1v) is 10.1. The van der Waals surface area contributed by atoms with Crippen molar-refractivity contribution in [3.63, 3.8) is 0 Å². The lowest BCUT2D eigenvalue weighted by Gasteiger charge is -2.22. The topological polar surface area (TPSA) is 68.9 Å². The highest BCUT2D eigenvalue weighted by atomic mass is 127. The fraction of sp³-hybridized carbons (Fsp3) is 0.667. The molecule has 152 valence electrons. The van der Waals surface area contributed by atoms with Gasteiger partial charge in [-0.3, -0.25) is 0 Å². The lowest BCUT2D eigenvalue weighted by Crippen LogP contribution is -2.39. The Balaban J connectivity index is 0.00000261. The Morgan fingerprint density at radius 2 is 1.63 bits per heavy atom. The van der Waals surface area contributed by atoms with Crippen molar-refractivity contribution in [2.45, 2.75) is 76.7 Å². The van der Waals surface area contributed by atoms with Gasteiger partial charge in [0, 0.05) is 19.3 Å². The number of ether oxygens (including phenoxy) is 2. The van der Waals surface area contributed by atoms with Crippen molar-refractivity contribution in [2.24, 2.45) is 10.7 Å². The molecule has 2 fully saturated rings. The second kappa shape index (κ2) is 12.6. The Kier molecular flexibility index (Phi) is 10.4. The van der Waals surface area contributed by atoms with Gasteiger partial charge in [-0.1, -0.05) is 49.9 Å². The van der Waals surface area contributed by atoms with E-state index in [9.17, 15) is 0 Å². The van der Waals surface area contributed by atoms with Gasteiger partial charge in [0.15, 0.2) is 5.96 Å². The van der Waals surface area contributed by atoms with Crippen molar-refractivity contribution >= 4 is 29.9 Å². The lowest BCUT2D eigenvalue weighted by atomic mass is 10.1. The number of guanidine groups is 1. The maximum atomic E-state index is 6.07. The molecule has 0 radical (unpaired) electrons. The van der Waals surface area contributed by atoms with Gasteiger partial charge in [0.1, 0.15) is 0 Å². The normalized spacial score (nSPS) is 19.9. The van der Waals surface area contributed by atoms with Gasteiger partial charge >= 0.3 is 0 Å².